The first-order chi connectivity index (χ1) is 14.0. The number of aromatic nitrogens is 2. The number of anilines is 1. The lowest BCUT2D eigenvalue weighted by Crippen LogP contribution is -2.42. The van der Waals surface area contributed by atoms with E-state index in [1.807, 2.05) is 6.92 Å². The smallest absolute Gasteiger partial charge is 0.316 e. The Hall–Kier alpha value is -3.32. The van der Waals surface area contributed by atoms with Gasteiger partial charge in [0.25, 0.3) is 0 Å². The van der Waals surface area contributed by atoms with Gasteiger partial charge in [0, 0.05) is 17.4 Å². The van der Waals surface area contributed by atoms with Crippen LogP contribution in [0.25, 0.3) is 0 Å². The van der Waals surface area contributed by atoms with Crippen molar-refractivity contribution in [3.8, 4) is 5.75 Å². The molecular formula is C21H20ClN3O4. The highest BCUT2D eigenvalue weighted by molar-refractivity contribution is 6.30. The minimum Gasteiger partial charge on any atom is -0.492 e. The molecule has 0 saturated heterocycles. The maximum absolute atomic E-state index is 12.4. The first kappa shape index (κ1) is 20.4. The number of carbonyl (C=O) groups excluding carboxylic acids is 1. The molecule has 7 nitrogen and oxygen atoms in total. The number of amides is 1. The molecule has 0 radical (unpaired) electrons. The van der Waals surface area contributed by atoms with Crippen LogP contribution in [-0.2, 0) is 17.9 Å². The average Bonchev–Trinajstić information content (AvgIpc) is 2.71. The summed E-state index contributed by atoms with van der Waals surface area (Å²) in [5.41, 5.74) is -0.137. The fourth-order valence-electron chi connectivity index (χ4n) is 2.77. The van der Waals surface area contributed by atoms with Crippen LogP contribution in [0, 0.1) is 0 Å². The summed E-state index contributed by atoms with van der Waals surface area (Å²) in [5.74, 6) is 0.100. The summed E-state index contributed by atoms with van der Waals surface area (Å²) in [4.78, 5) is 37.1. The molecule has 150 valence electrons. The average molecular weight is 414 g/mol. The van der Waals surface area contributed by atoms with Gasteiger partial charge in [-0.2, -0.15) is 0 Å². The largest absolute Gasteiger partial charge is 0.492 e. The van der Waals surface area contributed by atoms with E-state index in [1.165, 1.54) is 17.0 Å². The number of rotatable bonds is 7. The van der Waals surface area contributed by atoms with Crippen molar-refractivity contribution in [2.24, 2.45) is 0 Å². The van der Waals surface area contributed by atoms with E-state index in [1.54, 1.807) is 48.5 Å². The van der Waals surface area contributed by atoms with Gasteiger partial charge in [-0.3, -0.25) is 19.0 Å². The zero-order valence-electron chi connectivity index (χ0n) is 15.8. The molecule has 0 unspecified atom stereocenters. The third kappa shape index (κ3) is 5.14. The van der Waals surface area contributed by atoms with E-state index in [0.717, 1.165) is 10.1 Å². The lowest BCUT2D eigenvalue weighted by molar-refractivity contribution is -0.116. The molecule has 29 heavy (non-hydrogen) atoms. The number of para-hydroxylation sites is 2. The quantitative estimate of drug-likeness (QED) is 0.604. The van der Waals surface area contributed by atoms with Gasteiger partial charge in [0.1, 0.15) is 12.3 Å². The monoisotopic (exact) mass is 413 g/mol. The number of nitrogens with one attached hydrogen (secondary N) is 1. The molecule has 1 amide bonds. The van der Waals surface area contributed by atoms with Crippen LogP contribution in [0.3, 0.4) is 0 Å². The summed E-state index contributed by atoms with van der Waals surface area (Å²) >= 11 is 5.86. The molecular weight excluding hydrogens is 394 g/mol. The van der Waals surface area contributed by atoms with Gasteiger partial charge < -0.3 is 14.6 Å². The Morgan fingerprint density at radius 2 is 1.66 bits per heavy atom. The molecule has 3 rings (SSSR count). The summed E-state index contributed by atoms with van der Waals surface area (Å²) in [7, 11) is 0. The number of nitrogens with zero attached hydrogens (tertiary/aromatic N) is 2. The highest BCUT2D eigenvalue weighted by Gasteiger charge is 2.11. The first-order valence-electron chi connectivity index (χ1n) is 9.04. The second kappa shape index (κ2) is 9.25. The van der Waals surface area contributed by atoms with Gasteiger partial charge in [0.2, 0.25) is 5.91 Å². The van der Waals surface area contributed by atoms with Crippen LogP contribution in [0.1, 0.15) is 12.5 Å². The maximum atomic E-state index is 12.4. The summed E-state index contributed by atoms with van der Waals surface area (Å²) in [6.45, 7) is 2.26. The second-order valence-electron chi connectivity index (χ2n) is 6.27. The van der Waals surface area contributed by atoms with Crippen molar-refractivity contribution < 1.29 is 9.53 Å². The molecule has 2 aromatic carbocycles. The number of ether oxygens (including phenoxy) is 1. The summed E-state index contributed by atoms with van der Waals surface area (Å²) < 4.78 is 7.84. The Morgan fingerprint density at radius 1 is 1.00 bits per heavy atom. The summed E-state index contributed by atoms with van der Waals surface area (Å²) in [5, 5.41) is 3.30. The Balaban J connectivity index is 1.74. The predicted octanol–water partition coefficient (Wildman–Crippen LogP) is 2.75. The zero-order valence-corrected chi connectivity index (χ0v) is 16.6. The van der Waals surface area contributed by atoms with Gasteiger partial charge in [-0.05, 0) is 36.8 Å². The van der Waals surface area contributed by atoms with Crippen molar-refractivity contribution in [3.05, 3.63) is 92.2 Å². The second-order valence-corrected chi connectivity index (χ2v) is 6.70. The van der Waals surface area contributed by atoms with Crippen molar-refractivity contribution in [2.45, 2.75) is 20.0 Å². The lowest BCUT2D eigenvalue weighted by Gasteiger charge is -2.12. The van der Waals surface area contributed by atoms with Crippen molar-refractivity contribution >= 4 is 23.2 Å². The van der Waals surface area contributed by atoms with Crippen LogP contribution in [0.4, 0.5) is 5.69 Å². The fraction of sp³-hybridized carbons (Fsp3) is 0.190. The van der Waals surface area contributed by atoms with Crippen molar-refractivity contribution in [2.75, 3.05) is 11.9 Å². The standard InChI is InChI=1S/C21H20ClN3O4/c1-2-29-18-6-4-3-5-17(18)23-19(26)14-25-12-11-24(20(27)21(25)28)13-15-7-9-16(22)10-8-15/h3-12H,2,13-14H2,1H3,(H,23,26). The minimum absolute atomic E-state index is 0.236. The highest BCUT2D eigenvalue weighted by Crippen LogP contribution is 2.23. The van der Waals surface area contributed by atoms with Gasteiger partial charge in [-0.25, -0.2) is 0 Å². The number of hydrogen-bond acceptors (Lipinski definition) is 4. The van der Waals surface area contributed by atoms with Crippen molar-refractivity contribution in [1.29, 1.82) is 0 Å². The fourth-order valence-corrected chi connectivity index (χ4v) is 2.90. The van der Waals surface area contributed by atoms with Crippen LogP contribution in [0.5, 0.6) is 5.75 Å². The maximum Gasteiger partial charge on any atom is 0.316 e. The van der Waals surface area contributed by atoms with E-state index in [4.69, 9.17) is 16.3 Å². The number of carbonyl (C=O) groups is 1. The number of halogens is 1. The van der Waals surface area contributed by atoms with Crippen molar-refractivity contribution in [3.63, 3.8) is 0 Å². The van der Waals surface area contributed by atoms with Gasteiger partial charge in [-0.1, -0.05) is 35.9 Å². The van der Waals surface area contributed by atoms with Gasteiger partial charge in [-0.15, -0.1) is 0 Å². The van der Waals surface area contributed by atoms with Crippen molar-refractivity contribution in [1.82, 2.24) is 9.13 Å². The molecule has 8 heteroatoms. The minimum atomic E-state index is -0.769. The molecule has 0 aliphatic carbocycles. The summed E-state index contributed by atoms with van der Waals surface area (Å²) in [6, 6.07) is 14.0. The lowest BCUT2D eigenvalue weighted by atomic mass is 10.2. The topological polar surface area (TPSA) is 82.3 Å². The molecule has 0 bridgehead atoms. The third-order valence-electron chi connectivity index (χ3n) is 4.17. The molecule has 0 fully saturated rings. The number of hydrogen-bond donors (Lipinski definition) is 1. The van der Waals surface area contributed by atoms with Gasteiger partial charge in [0.15, 0.2) is 0 Å². The molecule has 0 aliphatic rings. The SMILES string of the molecule is CCOc1ccccc1NC(=O)Cn1ccn(Cc2ccc(Cl)cc2)c(=O)c1=O. The van der Waals surface area contributed by atoms with Crippen LogP contribution in [0.2, 0.25) is 5.02 Å². The van der Waals surface area contributed by atoms with Gasteiger partial charge >= 0.3 is 11.1 Å². The Labute approximate surface area is 172 Å². The normalized spacial score (nSPS) is 10.6. The van der Waals surface area contributed by atoms with Crippen LogP contribution in [-0.4, -0.2) is 21.6 Å². The molecule has 1 aromatic heterocycles. The van der Waals surface area contributed by atoms with Gasteiger partial charge in [0.05, 0.1) is 18.8 Å². The van der Waals surface area contributed by atoms with E-state index >= 15 is 0 Å². The molecule has 1 heterocycles. The van der Waals surface area contributed by atoms with E-state index < -0.39 is 17.0 Å². The zero-order chi connectivity index (χ0) is 20.8. The Bertz CT molecular complexity index is 1120. The molecule has 0 saturated carbocycles. The van der Waals surface area contributed by atoms with Crippen LogP contribution in [0.15, 0.2) is 70.5 Å². The Kier molecular flexibility index (Phi) is 6.51. The third-order valence-corrected chi connectivity index (χ3v) is 4.42. The Morgan fingerprint density at radius 3 is 2.38 bits per heavy atom. The van der Waals surface area contributed by atoms with E-state index in [2.05, 4.69) is 5.32 Å². The van der Waals surface area contributed by atoms with E-state index in [-0.39, 0.29) is 13.1 Å². The van der Waals surface area contributed by atoms with Crippen LogP contribution < -0.4 is 21.2 Å². The highest BCUT2D eigenvalue weighted by atomic mass is 35.5. The number of benzene rings is 2. The predicted molar refractivity (Wildman–Crippen MR) is 112 cm³/mol. The molecule has 0 aliphatic heterocycles. The van der Waals surface area contributed by atoms with E-state index in [0.29, 0.717) is 23.1 Å². The summed E-state index contributed by atoms with van der Waals surface area (Å²) in [6.07, 6.45) is 2.91. The van der Waals surface area contributed by atoms with E-state index in [9.17, 15) is 14.4 Å². The van der Waals surface area contributed by atoms with Crippen LogP contribution >= 0.6 is 11.6 Å². The first-order valence-corrected chi connectivity index (χ1v) is 9.41. The molecule has 0 spiro atoms. The molecule has 0 atom stereocenters. The molecule has 1 N–H and O–H groups in total. The molecule has 3 aromatic rings.